The zero-order valence-electron chi connectivity index (χ0n) is 9.63. The summed E-state index contributed by atoms with van der Waals surface area (Å²) in [5.74, 6) is 0. The van der Waals surface area contributed by atoms with Crippen LogP contribution in [0.3, 0.4) is 0 Å². The van der Waals surface area contributed by atoms with Crippen LogP contribution in [-0.2, 0) is 0 Å². The summed E-state index contributed by atoms with van der Waals surface area (Å²) in [6.07, 6.45) is 0. The van der Waals surface area contributed by atoms with Gasteiger partial charge in [0.2, 0.25) is 0 Å². The minimum absolute atomic E-state index is 0.415. The van der Waals surface area contributed by atoms with E-state index in [1.54, 1.807) is 0 Å². The summed E-state index contributed by atoms with van der Waals surface area (Å²) in [6, 6.07) is 8.88. The molecule has 0 aliphatic heterocycles. The normalized spacial score (nSPS) is 13.1. The Hall–Kier alpha value is -0.380. The van der Waals surface area contributed by atoms with Crippen molar-refractivity contribution < 1.29 is 0 Å². The molecule has 2 nitrogen and oxygen atoms in total. The molecule has 1 aromatic carbocycles. The summed E-state index contributed by atoms with van der Waals surface area (Å²) in [5.41, 5.74) is 1.33. The third-order valence-corrected chi connectivity index (χ3v) is 2.91. The van der Waals surface area contributed by atoms with E-state index in [1.165, 1.54) is 5.56 Å². The van der Waals surface area contributed by atoms with Gasteiger partial charge in [-0.15, -0.1) is 0 Å². The highest BCUT2D eigenvalue weighted by Gasteiger charge is 2.03. The minimum Gasteiger partial charge on any atom is -0.309 e. The van der Waals surface area contributed by atoms with E-state index in [9.17, 15) is 0 Å². The number of hydrogen-bond acceptors (Lipinski definition) is 2. The molecule has 84 valence electrons. The van der Waals surface area contributed by atoms with Gasteiger partial charge in [0.1, 0.15) is 0 Å². The van der Waals surface area contributed by atoms with E-state index >= 15 is 0 Å². The first kappa shape index (κ1) is 12.7. The van der Waals surface area contributed by atoms with Crippen LogP contribution in [0, 0.1) is 0 Å². The number of likely N-dealkylation sites (N-methyl/N-ethyl adjacent to an activating group) is 1. The van der Waals surface area contributed by atoms with Crippen molar-refractivity contribution in [2.24, 2.45) is 0 Å². The predicted octanol–water partition coefficient (Wildman–Crippen LogP) is 2.66. The quantitative estimate of drug-likeness (QED) is 0.885. The Bertz CT molecular complexity index is 282. The van der Waals surface area contributed by atoms with Gasteiger partial charge >= 0.3 is 0 Å². The molecule has 1 atom stereocenters. The molecule has 0 bridgehead atoms. The second kappa shape index (κ2) is 6.26. The van der Waals surface area contributed by atoms with E-state index in [1.807, 2.05) is 0 Å². The summed E-state index contributed by atoms with van der Waals surface area (Å²) < 4.78 is 1.13. The highest BCUT2D eigenvalue weighted by molar-refractivity contribution is 9.10. The molecule has 0 aliphatic carbocycles. The number of halogens is 1. The van der Waals surface area contributed by atoms with Crippen LogP contribution < -0.4 is 5.32 Å². The fourth-order valence-electron chi connectivity index (χ4n) is 1.37. The van der Waals surface area contributed by atoms with Crippen molar-refractivity contribution in [3.8, 4) is 0 Å². The number of hydrogen-bond donors (Lipinski definition) is 1. The second-order valence-electron chi connectivity index (χ2n) is 4.03. The molecule has 0 saturated carbocycles. The molecule has 0 amide bonds. The molecule has 1 rings (SSSR count). The van der Waals surface area contributed by atoms with Crippen molar-refractivity contribution in [1.29, 1.82) is 0 Å². The van der Waals surface area contributed by atoms with Crippen molar-refractivity contribution in [2.75, 3.05) is 27.2 Å². The van der Waals surface area contributed by atoms with E-state index in [0.29, 0.717) is 6.04 Å². The number of nitrogens with zero attached hydrogens (tertiary/aromatic N) is 1. The lowest BCUT2D eigenvalue weighted by Crippen LogP contribution is -2.28. The highest BCUT2D eigenvalue weighted by atomic mass is 79.9. The maximum absolute atomic E-state index is 3.49. The van der Waals surface area contributed by atoms with Crippen LogP contribution in [0.4, 0.5) is 0 Å². The predicted molar refractivity (Wildman–Crippen MR) is 69.1 cm³/mol. The van der Waals surface area contributed by atoms with Crippen LogP contribution in [-0.4, -0.2) is 32.1 Å². The zero-order chi connectivity index (χ0) is 11.3. The molecule has 0 fully saturated rings. The largest absolute Gasteiger partial charge is 0.309 e. The first-order valence-corrected chi connectivity index (χ1v) is 6.02. The molecule has 1 aromatic rings. The van der Waals surface area contributed by atoms with Gasteiger partial charge < -0.3 is 10.2 Å². The maximum atomic E-state index is 3.49. The van der Waals surface area contributed by atoms with Gasteiger partial charge in [-0.3, -0.25) is 0 Å². The molecule has 1 unspecified atom stereocenters. The van der Waals surface area contributed by atoms with Crippen LogP contribution in [0.5, 0.6) is 0 Å². The van der Waals surface area contributed by atoms with E-state index in [0.717, 1.165) is 17.6 Å². The molecular formula is C12H19BrN2. The lowest BCUT2D eigenvalue weighted by molar-refractivity contribution is 0.389. The Balaban J connectivity index is 2.40. The number of nitrogens with one attached hydrogen (secondary N) is 1. The van der Waals surface area contributed by atoms with E-state index in [4.69, 9.17) is 0 Å². The molecule has 1 N–H and O–H groups in total. The summed E-state index contributed by atoms with van der Waals surface area (Å²) in [7, 11) is 4.18. The van der Waals surface area contributed by atoms with Crippen molar-refractivity contribution in [1.82, 2.24) is 10.2 Å². The fraction of sp³-hybridized carbons (Fsp3) is 0.500. The lowest BCUT2D eigenvalue weighted by atomic mass is 10.1. The van der Waals surface area contributed by atoms with E-state index in [-0.39, 0.29) is 0 Å². The molecule has 0 aliphatic rings. The zero-order valence-corrected chi connectivity index (χ0v) is 11.2. The molecule has 3 heteroatoms. The summed E-state index contributed by atoms with van der Waals surface area (Å²) in [5, 5.41) is 3.49. The first-order chi connectivity index (χ1) is 7.09. The first-order valence-electron chi connectivity index (χ1n) is 5.23. The molecule has 0 radical (unpaired) electrons. The number of rotatable bonds is 5. The Morgan fingerprint density at radius 2 is 1.87 bits per heavy atom. The van der Waals surface area contributed by atoms with Crippen molar-refractivity contribution >= 4 is 15.9 Å². The molecule has 0 saturated heterocycles. The van der Waals surface area contributed by atoms with E-state index < -0.39 is 0 Å². The lowest BCUT2D eigenvalue weighted by Gasteiger charge is -2.16. The van der Waals surface area contributed by atoms with Crippen LogP contribution in [0.25, 0.3) is 0 Å². The summed E-state index contributed by atoms with van der Waals surface area (Å²) in [6.45, 7) is 4.28. The molecular weight excluding hydrogens is 252 g/mol. The average molecular weight is 271 g/mol. The van der Waals surface area contributed by atoms with Gasteiger partial charge in [0, 0.05) is 23.6 Å². The van der Waals surface area contributed by atoms with Crippen molar-refractivity contribution in [2.45, 2.75) is 13.0 Å². The SMILES string of the molecule is CC(NCCN(C)C)c1ccc(Br)cc1. The van der Waals surface area contributed by atoms with Gasteiger partial charge in [0.05, 0.1) is 0 Å². The monoisotopic (exact) mass is 270 g/mol. The van der Waals surface area contributed by atoms with Gasteiger partial charge in [0.15, 0.2) is 0 Å². The van der Waals surface area contributed by atoms with Crippen LogP contribution in [0.2, 0.25) is 0 Å². The Morgan fingerprint density at radius 1 is 1.27 bits per heavy atom. The van der Waals surface area contributed by atoms with Crippen LogP contribution in [0.1, 0.15) is 18.5 Å². The molecule has 0 heterocycles. The van der Waals surface area contributed by atoms with Crippen molar-refractivity contribution in [3.05, 3.63) is 34.3 Å². The third-order valence-electron chi connectivity index (χ3n) is 2.38. The van der Waals surface area contributed by atoms with Crippen molar-refractivity contribution in [3.63, 3.8) is 0 Å². The third kappa shape index (κ3) is 4.78. The van der Waals surface area contributed by atoms with Gasteiger partial charge in [0.25, 0.3) is 0 Å². The number of benzene rings is 1. The molecule has 0 aromatic heterocycles. The van der Waals surface area contributed by atoms with Gasteiger partial charge in [-0.05, 0) is 38.7 Å². The smallest absolute Gasteiger partial charge is 0.0292 e. The van der Waals surface area contributed by atoms with Gasteiger partial charge in [-0.25, -0.2) is 0 Å². The average Bonchev–Trinajstić information content (AvgIpc) is 2.18. The van der Waals surface area contributed by atoms with Crippen LogP contribution in [0.15, 0.2) is 28.7 Å². The fourth-order valence-corrected chi connectivity index (χ4v) is 1.64. The summed E-state index contributed by atoms with van der Waals surface area (Å²) >= 11 is 3.44. The molecule has 0 spiro atoms. The standard InChI is InChI=1S/C12H19BrN2/c1-10(14-8-9-15(2)3)11-4-6-12(13)7-5-11/h4-7,10,14H,8-9H2,1-3H3. The van der Waals surface area contributed by atoms with Gasteiger partial charge in [-0.2, -0.15) is 0 Å². The second-order valence-corrected chi connectivity index (χ2v) is 4.95. The maximum Gasteiger partial charge on any atom is 0.0292 e. The Labute approximate surface area is 101 Å². The molecule has 15 heavy (non-hydrogen) atoms. The minimum atomic E-state index is 0.415. The van der Waals surface area contributed by atoms with E-state index in [2.05, 4.69) is 71.4 Å². The topological polar surface area (TPSA) is 15.3 Å². The Kier molecular flexibility index (Phi) is 5.29. The highest BCUT2D eigenvalue weighted by Crippen LogP contribution is 2.16. The Morgan fingerprint density at radius 3 is 2.40 bits per heavy atom. The summed E-state index contributed by atoms with van der Waals surface area (Å²) in [4.78, 5) is 2.18. The van der Waals surface area contributed by atoms with Crippen LogP contribution >= 0.6 is 15.9 Å². The van der Waals surface area contributed by atoms with Gasteiger partial charge in [-0.1, -0.05) is 28.1 Å².